The summed E-state index contributed by atoms with van der Waals surface area (Å²) in [6, 6.07) is 18.4. The van der Waals surface area contributed by atoms with Crippen molar-refractivity contribution in [3.63, 3.8) is 0 Å². The van der Waals surface area contributed by atoms with E-state index in [0.29, 0.717) is 19.3 Å². The van der Waals surface area contributed by atoms with Crippen molar-refractivity contribution in [1.29, 1.82) is 0 Å². The summed E-state index contributed by atoms with van der Waals surface area (Å²) in [5.74, 6) is 0.993. The van der Waals surface area contributed by atoms with Gasteiger partial charge >= 0.3 is 0 Å². The van der Waals surface area contributed by atoms with Gasteiger partial charge in [0.25, 0.3) is 0 Å². The summed E-state index contributed by atoms with van der Waals surface area (Å²) in [5.41, 5.74) is 9.66. The van der Waals surface area contributed by atoms with Gasteiger partial charge in [0.05, 0.1) is 0 Å². The number of hydrogen-bond donors (Lipinski definition) is 4. The fourth-order valence-corrected chi connectivity index (χ4v) is 4.60. The number of benzene rings is 4. The van der Waals surface area contributed by atoms with Crippen molar-refractivity contribution in [1.82, 2.24) is 0 Å². The lowest BCUT2D eigenvalue weighted by molar-refractivity contribution is 0.457. The van der Waals surface area contributed by atoms with Gasteiger partial charge in [-0.3, -0.25) is 0 Å². The fraction of sp³-hybridized carbons (Fsp3) is 0.226. The summed E-state index contributed by atoms with van der Waals surface area (Å²) in [6.07, 6.45) is 1.78. The first-order chi connectivity index (χ1) is 16.6. The quantitative estimate of drug-likeness (QED) is 0.260. The predicted molar refractivity (Wildman–Crippen MR) is 140 cm³/mol. The maximum Gasteiger partial charge on any atom is 0.122 e. The highest BCUT2D eigenvalue weighted by molar-refractivity contribution is 5.55. The van der Waals surface area contributed by atoms with E-state index >= 15 is 0 Å². The second kappa shape index (κ2) is 9.75. The molecule has 4 aromatic carbocycles. The topological polar surface area (TPSA) is 80.9 Å². The lowest BCUT2D eigenvalue weighted by Gasteiger charge is -2.18. The molecule has 0 bridgehead atoms. The van der Waals surface area contributed by atoms with E-state index in [9.17, 15) is 20.4 Å². The van der Waals surface area contributed by atoms with E-state index in [1.54, 1.807) is 24.3 Å². The van der Waals surface area contributed by atoms with E-state index in [2.05, 4.69) is 0 Å². The molecule has 0 spiro atoms. The smallest absolute Gasteiger partial charge is 0.122 e. The molecule has 0 radical (unpaired) electrons. The van der Waals surface area contributed by atoms with E-state index in [1.807, 2.05) is 64.1 Å². The van der Waals surface area contributed by atoms with Crippen LogP contribution >= 0.6 is 0 Å². The maximum atomic E-state index is 11.0. The van der Waals surface area contributed by atoms with Crippen LogP contribution in [0.4, 0.5) is 0 Å². The molecule has 0 aromatic heterocycles. The summed E-state index contributed by atoms with van der Waals surface area (Å²) in [4.78, 5) is 0. The van der Waals surface area contributed by atoms with Gasteiger partial charge in [0.15, 0.2) is 0 Å². The van der Waals surface area contributed by atoms with Crippen molar-refractivity contribution in [3.8, 4) is 23.0 Å². The largest absolute Gasteiger partial charge is 0.508 e. The van der Waals surface area contributed by atoms with E-state index < -0.39 is 0 Å². The Kier molecular flexibility index (Phi) is 6.74. The van der Waals surface area contributed by atoms with Crippen molar-refractivity contribution in [2.24, 2.45) is 0 Å². The van der Waals surface area contributed by atoms with Crippen LogP contribution in [-0.4, -0.2) is 20.4 Å². The van der Waals surface area contributed by atoms with Gasteiger partial charge in [-0.1, -0.05) is 36.4 Å². The van der Waals surface area contributed by atoms with Crippen LogP contribution in [0.25, 0.3) is 0 Å². The summed E-state index contributed by atoms with van der Waals surface area (Å²) >= 11 is 0. The Bertz CT molecular complexity index is 1260. The highest BCUT2D eigenvalue weighted by Crippen LogP contribution is 2.36. The highest BCUT2D eigenvalue weighted by atomic mass is 16.3. The van der Waals surface area contributed by atoms with Crippen LogP contribution < -0.4 is 0 Å². The SMILES string of the molecule is Cc1c(Cc2ccc(O)cc2)cc(Cc2cc(Cc3ccc(O)cc3)c(C)c(C)c2O)c(O)c1C. The number of rotatable bonds is 6. The van der Waals surface area contributed by atoms with Crippen molar-refractivity contribution >= 4 is 0 Å². The molecule has 4 heteroatoms. The van der Waals surface area contributed by atoms with Crippen LogP contribution in [0.2, 0.25) is 0 Å². The van der Waals surface area contributed by atoms with Crippen LogP contribution in [0.5, 0.6) is 23.0 Å². The van der Waals surface area contributed by atoms with Gasteiger partial charge in [0, 0.05) is 6.42 Å². The molecular formula is C31H32O4. The van der Waals surface area contributed by atoms with Gasteiger partial charge in [-0.15, -0.1) is 0 Å². The highest BCUT2D eigenvalue weighted by Gasteiger charge is 2.17. The van der Waals surface area contributed by atoms with Crippen molar-refractivity contribution < 1.29 is 20.4 Å². The molecule has 180 valence electrons. The van der Waals surface area contributed by atoms with Crippen molar-refractivity contribution in [2.75, 3.05) is 0 Å². The van der Waals surface area contributed by atoms with Gasteiger partial charge in [-0.05, 0) is 120 Å². The third kappa shape index (κ3) is 5.12. The van der Waals surface area contributed by atoms with Crippen LogP contribution in [0.3, 0.4) is 0 Å². The Morgan fingerprint density at radius 3 is 1.11 bits per heavy atom. The average Bonchev–Trinajstić information content (AvgIpc) is 2.84. The maximum absolute atomic E-state index is 11.0. The molecule has 0 atom stereocenters. The summed E-state index contributed by atoms with van der Waals surface area (Å²) < 4.78 is 0. The Morgan fingerprint density at radius 1 is 0.429 bits per heavy atom. The van der Waals surface area contributed by atoms with Gasteiger partial charge in [0.1, 0.15) is 23.0 Å². The first kappa shape index (κ1) is 24.2. The van der Waals surface area contributed by atoms with Gasteiger partial charge in [-0.25, -0.2) is 0 Å². The van der Waals surface area contributed by atoms with Gasteiger partial charge < -0.3 is 20.4 Å². The Morgan fingerprint density at radius 2 is 0.771 bits per heavy atom. The Labute approximate surface area is 206 Å². The minimum atomic E-state index is 0.237. The molecule has 0 heterocycles. The molecule has 0 saturated carbocycles. The minimum absolute atomic E-state index is 0.237. The van der Waals surface area contributed by atoms with Crippen LogP contribution in [0.1, 0.15) is 55.6 Å². The third-order valence-corrected chi connectivity index (χ3v) is 7.15. The molecule has 4 rings (SSSR count). The molecule has 0 saturated heterocycles. The summed E-state index contributed by atoms with van der Waals surface area (Å²) in [5, 5.41) is 41.1. The first-order valence-electron chi connectivity index (χ1n) is 11.8. The lowest BCUT2D eigenvalue weighted by atomic mass is 9.88. The van der Waals surface area contributed by atoms with E-state index in [4.69, 9.17) is 0 Å². The van der Waals surface area contributed by atoms with E-state index in [0.717, 1.165) is 55.6 Å². The minimum Gasteiger partial charge on any atom is -0.508 e. The normalized spacial score (nSPS) is 11.1. The monoisotopic (exact) mass is 468 g/mol. The average molecular weight is 469 g/mol. The van der Waals surface area contributed by atoms with E-state index in [-0.39, 0.29) is 23.0 Å². The first-order valence-corrected chi connectivity index (χ1v) is 11.8. The molecule has 4 aromatic rings. The Balaban J connectivity index is 1.70. The Hall–Kier alpha value is -3.92. The molecule has 4 nitrogen and oxygen atoms in total. The molecule has 0 amide bonds. The number of hydrogen-bond acceptors (Lipinski definition) is 4. The molecular weight excluding hydrogens is 436 g/mol. The molecule has 0 fully saturated rings. The zero-order valence-electron chi connectivity index (χ0n) is 20.7. The van der Waals surface area contributed by atoms with Crippen LogP contribution in [0.15, 0.2) is 60.7 Å². The number of aromatic hydroxyl groups is 4. The van der Waals surface area contributed by atoms with Crippen LogP contribution in [0, 0.1) is 27.7 Å². The number of phenolic OH excluding ortho intramolecular Hbond substituents is 4. The second-order valence-corrected chi connectivity index (χ2v) is 9.45. The predicted octanol–water partition coefficient (Wildman–Crippen LogP) is 6.52. The molecule has 0 aliphatic heterocycles. The fourth-order valence-electron chi connectivity index (χ4n) is 4.60. The van der Waals surface area contributed by atoms with Crippen LogP contribution in [-0.2, 0) is 19.3 Å². The molecule has 0 unspecified atom stereocenters. The van der Waals surface area contributed by atoms with Gasteiger partial charge in [0.2, 0.25) is 0 Å². The molecule has 0 aliphatic rings. The molecule has 4 N–H and O–H groups in total. The van der Waals surface area contributed by atoms with Crippen molar-refractivity contribution in [2.45, 2.75) is 47.0 Å². The van der Waals surface area contributed by atoms with Crippen molar-refractivity contribution in [3.05, 3.63) is 116 Å². The third-order valence-electron chi connectivity index (χ3n) is 7.15. The summed E-state index contributed by atoms with van der Waals surface area (Å²) in [6.45, 7) is 7.87. The summed E-state index contributed by atoms with van der Waals surface area (Å²) in [7, 11) is 0. The second-order valence-electron chi connectivity index (χ2n) is 9.45. The number of phenols is 4. The zero-order chi connectivity index (χ0) is 25.3. The molecule has 0 aliphatic carbocycles. The zero-order valence-corrected chi connectivity index (χ0v) is 20.7. The standard InChI is InChI=1S/C31H32O4/c1-18-20(3)30(34)26(15-24(18)13-22-5-9-28(32)10-6-22)17-27-16-25(19(2)21(4)31(27)35)14-23-7-11-29(33)12-8-23/h5-12,15-16,32-35H,13-14,17H2,1-4H3. The van der Waals surface area contributed by atoms with Gasteiger partial charge in [-0.2, -0.15) is 0 Å². The van der Waals surface area contributed by atoms with E-state index in [1.165, 1.54) is 0 Å². The molecule has 35 heavy (non-hydrogen) atoms. The lowest BCUT2D eigenvalue weighted by Crippen LogP contribution is -2.02.